The Morgan fingerprint density at radius 1 is 1.02 bits per heavy atom. The zero-order chi connectivity index (χ0) is 31.0. The van der Waals surface area contributed by atoms with Crippen molar-refractivity contribution in [2.45, 2.75) is 25.2 Å². The van der Waals surface area contributed by atoms with Gasteiger partial charge in [-0.05, 0) is 48.9 Å². The largest absolute Gasteiger partial charge is 0.573 e. The molecule has 1 aromatic heterocycles. The zero-order valence-electron chi connectivity index (χ0n) is 21.8. The Morgan fingerprint density at radius 3 is 2.37 bits per heavy atom. The second-order valence-corrected chi connectivity index (χ2v) is 10.6. The Hall–Kier alpha value is -4.08. The second kappa shape index (κ2) is 11.5. The lowest BCUT2D eigenvalue weighted by Gasteiger charge is -2.25. The van der Waals surface area contributed by atoms with Crippen molar-refractivity contribution in [2.75, 3.05) is 5.75 Å². The van der Waals surface area contributed by atoms with E-state index in [2.05, 4.69) is 24.9 Å². The topological polar surface area (TPSA) is 88.1 Å². The first kappa shape index (κ1) is 30.4. The van der Waals surface area contributed by atoms with E-state index >= 15 is 0 Å². The van der Waals surface area contributed by atoms with Crippen LogP contribution in [-0.2, 0) is 6.18 Å². The highest BCUT2D eigenvalue weighted by molar-refractivity contribution is 8.14. The average molecular weight is 641 g/mol. The molecule has 1 unspecified atom stereocenters. The first-order valence-electron chi connectivity index (χ1n) is 12.2. The van der Waals surface area contributed by atoms with Gasteiger partial charge in [-0.25, -0.2) is 19.7 Å². The van der Waals surface area contributed by atoms with E-state index in [-0.39, 0.29) is 21.7 Å². The summed E-state index contributed by atoms with van der Waals surface area (Å²) in [6, 6.07) is 15.3. The molecule has 0 bridgehead atoms. The fourth-order valence-corrected chi connectivity index (χ4v) is 5.16. The van der Waals surface area contributed by atoms with Crippen molar-refractivity contribution < 1.29 is 36.2 Å². The van der Waals surface area contributed by atoms with Crippen LogP contribution in [0.1, 0.15) is 18.1 Å². The number of benzene rings is 3. The Kier molecular flexibility index (Phi) is 8.15. The number of hydrogen-bond donors (Lipinski definition) is 1. The summed E-state index contributed by atoms with van der Waals surface area (Å²) >= 11 is 7.07. The first-order chi connectivity index (χ1) is 20.2. The van der Waals surface area contributed by atoms with Crippen LogP contribution in [0.4, 0.5) is 32.0 Å². The van der Waals surface area contributed by atoms with Crippen LogP contribution in [0.3, 0.4) is 0 Å². The van der Waals surface area contributed by atoms with Crippen molar-refractivity contribution in [2.24, 2.45) is 10.1 Å². The maximum atomic E-state index is 13.6. The molecule has 4 aromatic rings. The molecular formula is C27H19ClF6N6O2S. The van der Waals surface area contributed by atoms with Gasteiger partial charge in [-0.3, -0.25) is 0 Å². The summed E-state index contributed by atoms with van der Waals surface area (Å²) < 4.78 is 83.1. The number of alkyl halides is 6. The van der Waals surface area contributed by atoms with Crippen LogP contribution in [0.15, 0.2) is 83.2 Å². The molecule has 0 saturated carbocycles. The second-order valence-electron chi connectivity index (χ2n) is 9.27. The summed E-state index contributed by atoms with van der Waals surface area (Å²) in [4.78, 5) is 8.36. The van der Waals surface area contributed by atoms with Crippen LogP contribution in [0.2, 0.25) is 5.02 Å². The third-order valence-corrected chi connectivity index (χ3v) is 7.45. The van der Waals surface area contributed by atoms with Crippen molar-refractivity contribution in [3.63, 3.8) is 0 Å². The van der Waals surface area contributed by atoms with Gasteiger partial charge >= 0.3 is 12.5 Å². The minimum atomic E-state index is -4.79. The maximum absolute atomic E-state index is 13.6. The number of aliphatic hydroxyl groups is 1. The molecule has 8 nitrogen and oxygen atoms in total. The Labute approximate surface area is 249 Å². The van der Waals surface area contributed by atoms with Crippen LogP contribution < -0.4 is 4.74 Å². The number of rotatable bonds is 6. The molecule has 1 saturated heterocycles. The average Bonchev–Trinajstić information content (AvgIpc) is 3.52. The Morgan fingerprint density at radius 2 is 1.72 bits per heavy atom. The van der Waals surface area contributed by atoms with Crippen LogP contribution in [-0.4, -0.2) is 54.1 Å². The molecule has 0 radical (unpaired) electrons. The Bertz CT molecular complexity index is 1670. The molecule has 224 valence electrons. The van der Waals surface area contributed by atoms with Crippen molar-refractivity contribution in [1.29, 1.82) is 0 Å². The fraction of sp³-hybridized carbons (Fsp3) is 0.185. The lowest BCUT2D eigenvalue weighted by Crippen LogP contribution is -2.41. The number of nitrogens with zero attached hydrogens (tertiary/aromatic N) is 6. The van der Waals surface area contributed by atoms with Crippen molar-refractivity contribution >= 4 is 40.4 Å². The molecule has 1 aliphatic heterocycles. The first-order valence-corrected chi connectivity index (χ1v) is 13.6. The predicted molar refractivity (Wildman–Crippen MR) is 150 cm³/mol. The monoisotopic (exact) mass is 640 g/mol. The minimum Gasteiger partial charge on any atom is -0.406 e. The van der Waals surface area contributed by atoms with E-state index in [1.54, 1.807) is 24.3 Å². The van der Waals surface area contributed by atoms with E-state index < -0.39 is 29.5 Å². The molecule has 1 aliphatic rings. The van der Waals surface area contributed by atoms with Gasteiger partial charge in [0.1, 0.15) is 12.1 Å². The summed E-state index contributed by atoms with van der Waals surface area (Å²) in [7, 11) is 0. The highest BCUT2D eigenvalue weighted by Crippen LogP contribution is 2.42. The summed E-state index contributed by atoms with van der Waals surface area (Å²) in [6.45, 7) is 1.46. The molecule has 0 aliphatic carbocycles. The molecule has 0 amide bonds. The smallest absolute Gasteiger partial charge is 0.406 e. The molecule has 1 N–H and O–H groups in total. The van der Waals surface area contributed by atoms with Crippen LogP contribution >= 0.6 is 23.4 Å². The molecule has 0 spiro atoms. The number of amidine groups is 1. The van der Waals surface area contributed by atoms with Crippen molar-refractivity contribution in [3.05, 3.63) is 89.2 Å². The summed E-state index contributed by atoms with van der Waals surface area (Å²) in [5.74, 6) is 0.0733. The predicted octanol–water partition coefficient (Wildman–Crippen LogP) is 7.28. The summed E-state index contributed by atoms with van der Waals surface area (Å²) in [5.41, 5.74) is -1.35. The number of para-hydroxylation sites is 1. The third-order valence-electron chi connectivity index (χ3n) is 5.93. The molecule has 43 heavy (non-hydrogen) atoms. The normalized spacial score (nSPS) is 18.6. The lowest BCUT2D eigenvalue weighted by molar-refractivity contribution is -0.274. The van der Waals surface area contributed by atoms with Crippen molar-refractivity contribution in [1.82, 2.24) is 19.8 Å². The van der Waals surface area contributed by atoms with Gasteiger partial charge in [0.2, 0.25) is 0 Å². The highest BCUT2D eigenvalue weighted by Gasteiger charge is 2.41. The number of aliphatic imine (C=N–C) groups is 1. The fourth-order valence-electron chi connectivity index (χ4n) is 3.90. The Balaban J connectivity index is 1.33. The van der Waals surface area contributed by atoms with E-state index in [4.69, 9.17) is 11.6 Å². The molecule has 3 aromatic carbocycles. The van der Waals surface area contributed by atoms with Gasteiger partial charge in [0.05, 0.1) is 33.9 Å². The number of halogens is 7. The minimum absolute atomic E-state index is 0.0317. The van der Waals surface area contributed by atoms with Gasteiger partial charge in [0.15, 0.2) is 16.7 Å². The van der Waals surface area contributed by atoms with Crippen LogP contribution in [0, 0.1) is 0 Å². The highest BCUT2D eigenvalue weighted by atomic mass is 35.5. The number of thioether (sulfide) groups is 1. The summed E-state index contributed by atoms with van der Waals surface area (Å²) in [6.07, 6.45) is -6.67. The molecule has 1 atom stereocenters. The van der Waals surface area contributed by atoms with Crippen molar-refractivity contribution in [3.8, 4) is 22.8 Å². The molecule has 1 fully saturated rings. The number of hydrogen-bond acceptors (Lipinski definition) is 7. The van der Waals surface area contributed by atoms with Crippen LogP contribution in [0.25, 0.3) is 17.1 Å². The number of hydrazone groups is 1. The van der Waals surface area contributed by atoms with Gasteiger partial charge in [-0.15, -0.1) is 18.3 Å². The van der Waals surface area contributed by atoms with Gasteiger partial charge < -0.3 is 9.84 Å². The third kappa shape index (κ3) is 7.12. The molecule has 16 heteroatoms. The van der Waals surface area contributed by atoms with E-state index in [9.17, 15) is 31.4 Å². The van der Waals surface area contributed by atoms with Gasteiger partial charge in [0.25, 0.3) is 0 Å². The van der Waals surface area contributed by atoms with E-state index in [0.717, 1.165) is 35.0 Å². The summed E-state index contributed by atoms with van der Waals surface area (Å²) in [5, 5.41) is 20.4. The number of ether oxygens (including phenoxy) is 1. The molecule has 2 heterocycles. The van der Waals surface area contributed by atoms with E-state index in [1.807, 2.05) is 0 Å². The van der Waals surface area contributed by atoms with Gasteiger partial charge in [-0.1, -0.05) is 53.7 Å². The standard InChI is InChI=1S/C27H19ClF6N6O2S/c1-25(41)14-43-24(37-22-20(26(29,30)31)3-2-4-21(22)28)40(25)36-13-16-5-7-17(8-6-16)23-35-15-39(38-23)18-9-11-19(12-10-18)42-27(32,33)34/h2-13,15,41H,14H2,1H3/b36-13-,37-24?. The van der Waals surface area contributed by atoms with Gasteiger partial charge in [-0.2, -0.15) is 18.3 Å². The SMILES string of the molecule is CC1(O)CSC(=Nc2c(Cl)cccc2C(F)(F)F)N1/N=C\c1ccc(-c2ncn(-c3ccc(OC(F)(F)F)cc3)n2)cc1. The molecular weight excluding hydrogens is 622 g/mol. The van der Waals surface area contributed by atoms with Gasteiger partial charge in [0, 0.05) is 5.56 Å². The van der Waals surface area contributed by atoms with E-state index in [0.29, 0.717) is 22.6 Å². The quantitative estimate of drug-likeness (QED) is 0.176. The lowest BCUT2D eigenvalue weighted by atomic mass is 10.1. The molecule has 5 rings (SSSR count). The van der Waals surface area contributed by atoms with E-state index in [1.165, 1.54) is 48.4 Å². The number of aromatic nitrogens is 3. The maximum Gasteiger partial charge on any atom is 0.573 e. The van der Waals surface area contributed by atoms with Crippen LogP contribution in [0.5, 0.6) is 5.75 Å². The zero-order valence-corrected chi connectivity index (χ0v) is 23.4.